The zero-order chi connectivity index (χ0) is 16.2. The molecule has 6 atom stereocenters. The maximum Gasteiger partial charge on any atom is 0.0958 e. The van der Waals surface area contributed by atoms with Gasteiger partial charge in [-0.2, -0.15) is 5.26 Å². The second-order valence-electron chi connectivity index (χ2n) is 8.30. The molecule has 0 heterocycles. The van der Waals surface area contributed by atoms with Crippen molar-refractivity contribution in [2.24, 2.45) is 35.0 Å². The van der Waals surface area contributed by atoms with E-state index in [-0.39, 0.29) is 11.3 Å². The normalized spacial score (nSPS) is 45.1. The van der Waals surface area contributed by atoms with Crippen molar-refractivity contribution in [1.82, 2.24) is 0 Å². The molecule has 0 aromatic rings. The molecule has 4 aliphatic rings. The first-order valence-corrected chi connectivity index (χ1v) is 9.10. The highest BCUT2D eigenvalue weighted by atomic mass is 16.5. The third-order valence-electron chi connectivity index (χ3n) is 7.47. The van der Waals surface area contributed by atoms with E-state index in [4.69, 9.17) is 4.74 Å². The molecule has 0 aliphatic heterocycles. The Kier molecular flexibility index (Phi) is 3.45. The minimum atomic E-state index is 0.0742. The quantitative estimate of drug-likeness (QED) is 0.638. The molecule has 0 spiro atoms. The molecule has 2 nitrogen and oxygen atoms in total. The number of rotatable bonds is 1. The van der Waals surface area contributed by atoms with Gasteiger partial charge >= 0.3 is 0 Å². The van der Waals surface area contributed by atoms with Crippen LogP contribution in [0.15, 0.2) is 35.6 Å². The van der Waals surface area contributed by atoms with Crippen molar-refractivity contribution in [3.8, 4) is 6.07 Å². The number of ether oxygens (including phenoxy) is 1. The van der Waals surface area contributed by atoms with Crippen LogP contribution in [0, 0.1) is 46.3 Å². The van der Waals surface area contributed by atoms with Gasteiger partial charge in [0.05, 0.1) is 24.9 Å². The first kappa shape index (κ1) is 15.1. The summed E-state index contributed by atoms with van der Waals surface area (Å²) >= 11 is 0. The maximum absolute atomic E-state index is 9.64. The number of fused-ring (bicyclic) bond motifs is 5. The first-order chi connectivity index (χ1) is 11.1. The number of hydrogen-bond acceptors (Lipinski definition) is 2. The zero-order valence-corrected chi connectivity index (χ0v) is 14.3. The van der Waals surface area contributed by atoms with E-state index in [1.807, 2.05) is 0 Å². The van der Waals surface area contributed by atoms with E-state index in [0.717, 1.165) is 30.4 Å². The first-order valence-electron chi connectivity index (χ1n) is 9.10. The Morgan fingerprint density at radius 2 is 2.17 bits per heavy atom. The molecule has 2 fully saturated rings. The summed E-state index contributed by atoms with van der Waals surface area (Å²) in [5.41, 5.74) is 2.88. The van der Waals surface area contributed by atoms with Gasteiger partial charge in [0.1, 0.15) is 0 Å². The Morgan fingerprint density at radius 3 is 2.91 bits per heavy atom. The van der Waals surface area contributed by atoms with Crippen molar-refractivity contribution in [2.45, 2.75) is 45.4 Å². The Labute approximate surface area is 139 Å². The van der Waals surface area contributed by atoms with Gasteiger partial charge in [0.25, 0.3) is 0 Å². The standard InChI is InChI=1S/C21H27NO/c1-13-10-19-18-6-4-14-11-15(23-3)5-7-16(14)17(18)8-9-21(19,2)20(13)12-22/h4,11,16-20H,1,5-10H2,2-3H3/t16-,17+,18+,19-,20-,21-/m0/s1. The lowest BCUT2D eigenvalue weighted by molar-refractivity contribution is 0.000855. The number of methoxy groups -OCH3 is 1. The van der Waals surface area contributed by atoms with Crippen LogP contribution in [-0.2, 0) is 4.74 Å². The van der Waals surface area contributed by atoms with Gasteiger partial charge in [0.15, 0.2) is 0 Å². The predicted molar refractivity (Wildman–Crippen MR) is 91.2 cm³/mol. The summed E-state index contributed by atoms with van der Waals surface area (Å²) in [7, 11) is 1.79. The molecule has 2 heteroatoms. The largest absolute Gasteiger partial charge is 0.501 e. The number of allylic oxidation sites excluding steroid dienone is 5. The Bertz CT molecular complexity index is 637. The van der Waals surface area contributed by atoms with E-state index in [9.17, 15) is 5.26 Å². The maximum atomic E-state index is 9.64. The lowest BCUT2D eigenvalue weighted by atomic mass is 9.52. The van der Waals surface area contributed by atoms with Gasteiger partial charge in [-0.1, -0.05) is 25.2 Å². The fraction of sp³-hybridized carbons (Fsp3) is 0.667. The second kappa shape index (κ2) is 5.26. The van der Waals surface area contributed by atoms with Crippen LogP contribution in [0.1, 0.15) is 45.4 Å². The van der Waals surface area contributed by atoms with Crippen LogP contribution >= 0.6 is 0 Å². The fourth-order valence-corrected chi connectivity index (χ4v) is 6.29. The van der Waals surface area contributed by atoms with E-state index < -0.39 is 0 Å². The van der Waals surface area contributed by atoms with E-state index >= 15 is 0 Å². The van der Waals surface area contributed by atoms with Crippen LogP contribution in [0.4, 0.5) is 0 Å². The van der Waals surface area contributed by atoms with Crippen LogP contribution in [0.5, 0.6) is 0 Å². The van der Waals surface area contributed by atoms with E-state index in [1.54, 1.807) is 7.11 Å². The monoisotopic (exact) mass is 309 g/mol. The van der Waals surface area contributed by atoms with Crippen molar-refractivity contribution >= 4 is 0 Å². The summed E-state index contributed by atoms with van der Waals surface area (Å²) in [6.45, 7) is 6.62. The minimum absolute atomic E-state index is 0.0742. The summed E-state index contributed by atoms with van der Waals surface area (Å²) in [5, 5.41) is 9.64. The molecule has 0 bridgehead atoms. The molecule has 23 heavy (non-hydrogen) atoms. The molecule has 0 unspecified atom stereocenters. The molecule has 0 amide bonds. The fourth-order valence-electron chi connectivity index (χ4n) is 6.29. The SMILES string of the molecule is C=C1C[C@H]2[C@@H]3CC=C4C=C(OC)CC[C@@H]4[C@H]3CC[C@]2(C)[C@H]1C#N. The molecule has 0 N–H and O–H groups in total. The molecule has 0 aromatic carbocycles. The highest BCUT2D eigenvalue weighted by Crippen LogP contribution is 2.64. The van der Waals surface area contributed by atoms with E-state index in [2.05, 4.69) is 31.7 Å². The Balaban J connectivity index is 1.66. The zero-order valence-electron chi connectivity index (χ0n) is 14.3. The van der Waals surface area contributed by atoms with Gasteiger partial charge in [-0.25, -0.2) is 0 Å². The summed E-state index contributed by atoms with van der Waals surface area (Å²) in [5.74, 6) is 4.13. The molecule has 0 radical (unpaired) electrons. The van der Waals surface area contributed by atoms with Crippen LogP contribution in [0.25, 0.3) is 0 Å². The average Bonchev–Trinajstić information content (AvgIpc) is 2.83. The average molecular weight is 309 g/mol. The second-order valence-corrected chi connectivity index (χ2v) is 8.30. The summed E-state index contributed by atoms with van der Waals surface area (Å²) in [6, 6.07) is 2.58. The summed E-state index contributed by atoms with van der Waals surface area (Å²) in [6.07, 6.45) is 11.8. The molecule has 4 rings (SSSR count). The number of nitrogens with zero attached hydrogens (tertiary/aromatic N) is 1. The number of nitriles is 1. The van der Waals surface area contributed by atoms with Crippen LogP contribution in [0.2, 0.25) is 0 Å². The van der Waals surface area contributed by atoms with Crippen molar-refractivity contribution in [3.05, 3.63) is 35.6 Å². The van der Waals surface area contributed by atoms with Crippen molar-refractivity contribution in [2.75, 3.05) is 7.11 Å². The highest BCUT2D eigenvalue weighted by molar-refractivity contribution is 5.33. The van der Waals surface area contributed by atoms with Crippen molar-refractivity contribution < 1.29 is 4.74 Å². The van der Waals surface area contributed by atoms with Gasteiger partial charge in [0.2, 0.25) is 0 Å². The third kappa shape index (κ3) is 2.05. The highest BCUT2D eigenvalue weighted by Gasteiger charge is 2.57. The molecule has 0 saturated heterocycles. The van der Waals surface area contributed by atoms with E-state index in [1.165, 1.54) is 36.8 Å². The van der Waals surface area contributed by atoms with Gasteiger partial charge < -0.3 is 4.74 Å². The lowest BCUT2D eigenvalue weighted by Crippen LogP contribution is -2.45. The van der Waals surface area contributed by atoms with Gasteiger partial charge in [-0.15, -0.1) is 0 Å². The third-order valence-corrected chi connectivity index (χ3v) is 7.47. The molecule has 122 valence electrons. The summed E-state index contributed by atoms with van der Waals surface area (Å²) < 4.78 is 5.48. The van der Waals surface area contributed by atoms with Crippen LogP contribution in [-0.4, -0.2) is 7.11 Å². The molecular weight excluding hydrogens is 282 g/mol. The van der Waals surface area contributed by atoms with Crippen LogP contribution in [0.3, 0.4) is 0 Å². The summed E-state index contributed by atoms with van der Waals surface area (Å²) in [4.78, 5) is 0. The van der Waals surface area contributed by atoms with Gasteiger partial charge in [0, 0.05) is 6.42 Å². The van der Waals surface area contributed by atoms with Gasteiger partial charge in [-0.3, -0.25) is 0 Å². The predicted octanol–water partition coefficient (Wildman–Crippen LogP) is 5.01. The topological polar surface area (TPSA) is 33.0 Å². The van der Waals surface area contributed by atoms with Crippen LogP contribution < -0.4 is 0 Å². The van der Waals surface area contributed by atoms with Crippen molar-refractivity contribution in [3.63, 3.8) is 0 Å². The van der Waals surface area contributed by atoms with E-state index in [0.29, 0.717) is 11.8 Å². The van der Waals surface area contributed by atoms with Crippen molar-refractivity contribution in [1.29, 1.82) is 5.26 Å². The Morgan fingerprint density at radius 1 is 1.35 bits per heavy atom. The molecule has 2 saturated carbocycles. The molecular formula is C21H27NO. The Hall–Kier alpha value is -1.49. The lowest BCUT2D eigenvalue weighted by Gasteiger charge is -2.52. The minimum Gasteiger partial charge on any atom is -0.501 e. The van der Waals surface area contributed by atoms with Gasteiger partial charge in [-0.05, 0) is 72.8 Å². The smallest absolute Gasteiger partial charge is 0.0958 e. The molecule has 4 aliphatic carbocycles. The number of hydrogen-bond donors (Lipinski definition) is 0. The molecule has 0 aromatic heterocycles.